The predicted octanol–water partition coefficient (Wildman–Crippen LogP) is 3.30. The number of hydrogen-bond acceptors (Lipinski definition) is 6. The van der Waals surface area contributed by atoms with Crippen molar-refractivity contribution >= 4 is 22.4 Å². The first-order chi connectivity index (χ1) is 15.7. The zero-order valence-corrected chi connectivity index (χ0v) is 17.7. The molecule has 5 rings (SSSR count). The molecule has 2 aromatic heterocycles. The van der Waals surface area contributed by atoms with Crippen molar-refractivity contribution in [2.75, 3.05) is 0 Å². The Morgan fingerprint density at radius 3 is 2.28 bits per heavy atom. The Morgan fingerprint density at radius 1 is 0.875 bits per heavy atom. The van der Waals surface area contributed by atoms with E-state index < -0.39 is 5.56 Å². The van der Waals surface area contributed by atoms with Crippen molar-refractivity contribution in [3.63, 3.8) is 0 Å². The summed E-state index contributed by atoms with van der Waals surface area (Å²) < 4.78 is 7.45. The van der Waals surface area contributed by atoms with Gasteiger partial charge < -0.3 is 4.74 Å². The normalized spacial score (nSPS) is 11.7. The molecule has 5 aromatic rings. The van der Waals surface area contributed by atoms with E-state index in [0.29, 0.717) is 16.7 Å². The molecule has 0 radical (unpaired) electrons. The van der Waals surface area contributed by atoms with Crippen LogP contribution in [0.4, 0.5) is 0 Å². The number of fused-ring (bicyclic) bond motifs is 1. The van der Waals surface area contributed by atoms with Crippen LogP contribution in [0.2, 0.25) is 0 Å². The first-order valence-corrected chi connectivity index (χ1v) is 10.8. The summed E-state index contributed by atoms with van der Waals surface area (Å²) in [5, 5.41) is 4.27. The molecule has 0 fully saturated rings. The SMILES string of the molecule is O=c1nc2s/c(=C\c3ccc(OCc4ccccc4)cc3)c(=O)n2nc1-c1ccccc1. The van der Waals surface area contributed by atoms with Gasteiger partial charge in [-0.25, -0.2) is 0 Å². The first kappa shape index (κ1) is 19.8. The van der Waals surface area contributed by atoms with Crippen LogP contribution in [0.15, 0.2) is 94.5 Å². The van der Waals surface area contributed by atoms with E-state index in [9.17, 15) is 9.59 Å². The minimum atomic E-state index is -0.455. The second-order valence-corrected chi connectivity index (χ2v) is 8.09. The smallest absolute Gasteiger partial charge is 0.300 e. The number of thiazole rings is 1. The van der Waals surface area contributed by atoms with Gasteiger partial charge in [0.25, 0.3) is 5.56 Å². The third kappa shape index (κ3) is 4.06. The van der Waals surface area contributed by atoms with E-state index in [0.717, 1.165) is 28.2 Å². The Balaban J connectivity index is 1.44. The Labute approximate surface area is 186 Å². The lowest BCUT2D eigenvalue weighted by Gasteiger charge is -2.06. The molecule has 7 heteroatoms. The Morgan fingerprint density at radius 2 is 1.56 bits per heavy atom. The van der Waals surface area contributed by atoms with Crippen LogP contribution in [0.1, 0.15) is 11.1 Å². The van der Waals surface area contributed by atoms with E-state index >= 15 is 0 Å². The molecular formula is C25H17N3O3S. The highest BCUT2D eigenvalue weighted by Crippen LogP contribution is 2.15. The highest BCUT2D eigenvalue weighted by Gasteiger charge is 2.12. The second-order valence-electron chi connectivity index (χ2n) is 7.09. The topological polar surface area (TPSA) is 73.6 Å². The van der Waals surface area contributed by atoms with Crippen molar-refractivity contribution in [1.82, 2.24) is 14.6 Å². The molecule has 6 nitrogen and oxygen atoms in total. The van der Waals surface area contributed by atoms with Gasteiger partial charge in [0.2, 0.25) is 4.96 Å². The van der Waals surface area contributed by atoms with Crippen LogP contribution >= 0.6 is 11.3 Å². The van der Waals surface area contributed by atoms with Crippen LogP contribution in [0.3, 0.4) is 0 Å². The molecule has 0 bridgehead atoms. The number of hydrogen-bond donors (Lipinski definition) is 0. The van der Waals surface area contributed by atoms with Gasteiger partial charge in [-0.1, -0.05) is 84.1 Å². The van der Waals surface area contributed by atoms with Crippen LogP contribution in [0.5, 0.6) is 5.75 Å². The summed E-state index contributed by atoms with van der Waals surface area (Å²) in [7, 11) is 0. The van der Waals surface area contributed by atoms with Gasteiger partial charge in [-0.15, -0.1) is 0 Å². The van der Waals surface area contributed by atoms with Crippen molar-refractivity contribution in [3.8, 4) is 17.0 Å². The largest absolute Gasteiger partial charge is 0.489 e. The monoisotopic (exact) mass is 439 g/mol. The van der Waals surface area contributed by atoms with Gasteiger partial charge in [-0.2, -0.15) is 14.6 Å². The number of rotatable bonds is 5. The summed E-state index contributed by atoms with van der Waals surface area (Å²) in [4.78, 5) is 29.6. The third-order valence-electron chi connectivity index (χ3n) is 4.86. The van der Waals surface area contributed by atoms with Gasteiger partial charge >= 0.3 is 5.56 Å². The Hall–Kier alpha value is -4.10. The Kier molecular flexibility index (Phi) is 5.31. The van der Waals surface area contributed by atoms with Crippen LogP contribution in [-0.4, -0.2) is 14.6 Å². The summed E-state index contributed by atoms with van der Waals surface area (Å²) in [6.45, 7) is 0.486. The molecule has 2 heterocycles. The molecule has 0 aliphatic rings. The van der Waals surface area contributed by atoms with E-state index in [1.165, 1.54) is 4.52 Å². The molecule has 0 aliphatic heterocycles. The number of nitrogens with zero attached hydrogens (tertiary/aromatic N) is 3. The quantitative estimate of drug-likeness (QED) is 0.420. The summed E-state index contributed by atoms with van der Waals surface area (Å²) in [6, 6.07) is 26.4. The summed E-state index contributed by atoms with van der Waals surface area (Å²) >= 11 is 1.14. The predicted molar refractivity (Wildman–Crippen MR) is 125 cm³/mol. The van der Waals surface area contributed by atoms with Gasteiger partial charge in [-0.3, -0.25) is 9.59 Å². The molecule has 156 valence electrons. The van der Waals surface area contributed by atoms with E-state index in [-0.39, 0.29) is 16.2 Å². The summed E-state index contributed by atoms with van der Waals surface area (Å²) in [6.07, 6.45) is 1.76. The zero-order chi connectivity index (χ0) is 21.9. The van der Waals surface area contributed by atoms with Crippen LogP contribution in [-0.2, 0) is 6.61 Å². The van der Waals surface area contributed by atoms with Crippen molar-refractivity contribution < 1.29 is 4.74 Å². The van der Waals surface area contributed by atoms with Gasteiger partial charge in [-0.05, 0) is 29.3 Å². The fourth-order valence-corrected chi connectivity index (χ4v) is 4.14. The molecule has 0 saturated carbocycles. The molecule has 0 atom stereocenters. The molecule has 0 spiro atoms. The van der Waals surface area contributed by atoms with Crippen molar-refractivity contribution in [2.24, 2.45) is 0 Å². The van der Waals surface area contributed by atoms with Gasteiger partial charge in [0.15, 0.2) is 5.69 Å². The molecule has 32 heavy (non-hydrogen) atoms. The second kappa shape index (κ2) is 8.56. The number of ether oxygens (including phenoxy) is 1. The van der Waals surface area contributed by atoms with Crippen molar-refractivity contribution in [3.05, 3.63) is 121 Å². The highest BCUT2D eigenvalue weighted by molar-refractivity contribution is 7.15. The van der Waals surface area contributed by atoms with Crippen LogP contribution in [0, 0.1) is 0 Å². The third-order valence-corrected chi connectivity index (χ3v) is 5.82. The molecule has 3 aromatic carbocycles. The molecule has 0 N–H and O–H groups in total. The minimum absolute atomic E-state index is 0.157. The standard InChI is InChI=1S/C25H17N3O3S/c29-23-22(19-9-5-2-6-10-19)27-28-24(30)21(32-25(28)26-23)15-17-11-13-20(14-12-17)31-16-18-7-3-1-4-8-18/h1-15H,16H2/b21-15-. The van der Waals surface area contributed by atoms with Crippen molar-refractivity contribution in [2.45, 2.75) is 6.61 Å². The van der Waals surface area contributed by atoms with Crippen molar-refractivity contribution in [1.29, 1.82) is 0 Å². The van der Waals surface area contributed by atoms with Gasteiger partial charge in [0, 0.05) is 5.56 Å². The van der Waals surface area contributed by atoms with Crippen LogP contribution < -0.4 is 20.4 Å². The number of aromatic nitrogens is 3. The maximum atomic E-state index is 12.9. The zero-order valence-electron chi connectivity index (χ0n) is 16.8. The summed E-state index contributed by atoms with van der Waals surface area (Å²) in [5.41, 5.74) is 1.95. The maximum Gasteiger partial charge on any atom is 0.300 e. The average Bonchev–Trinajstić information content (AvgIpc) is 3.13. The highest BCUT2D eigenvalue weighted by atomic mass is 32.1. The molecule has 0 aliphatic carbocycles. The first-order valence-electron chi connectivity index (χ1n) is 9.95. The van der Waals surface area contributed by atoms with E-state index in [1.807, 2.05) is 72.8 Å². The van der Waals surface area contributed by atoms with Crippen LogP contribution in [0.25, 0.3) is 22.3 Å². The fourth-order valence-electron chi connectivity index (χ4n) is 3.24. The average molecular weight is 439 g/mol. The molecule has 0 amide bonds. The van der Waals surface area contributed by atoms with Gasteiger partial charge in [0.05, 0.1) is 4.53 Å². The molecule has 0 saturated heterocycles. The minimum Gasteiger partial charge on any atom is -0.489 e. The van der Waals surface area contributed by atoms with E-state index in [2.05, 4.69) is 10.1 Å². The van der Waals surface area contributed by atoms with E-state index in [1.54, 1.807) is 18.2 Å². The lowest BCUT2D eigenvalue weighted by atomic mass is 10.2. The fraction of sp³-hybridized carbons (Fsp3) is 0.0400. The van der Waals surface area contributed by atoms with Gasteiger partial charge in [0.1, 0.15) is 12.4 Å². The maximum absolute atomic E-state index is 12.9. The lowest BCUT2D eigenvalue weighted by Crippen LogP contribution is -2.26. The molecular weight excluding hydrogens is 422 g/mol. The Bertz CT molecular complexity index is 1540. The van der Waals surface area contributed by atoms with E-state index in [4.69, 9.17) is 4.74 Å². The molecule has 0 unspecified atom stereocenters. The summed E-state index contributed by atoms with van der Waals surface area (Å²) in [5.74, 6) is 0.742. The lowest BCUT2D eigenvalue weighted by molar-refractivity contribution is 0.306. The number of benzene rings is 3.